The predicted octanol–water partition coefficient (Wildman–Crippen LogP) is 3.32. The molecule has 110 valence electrons. The van der Waals surface area contributed by atoms with Crippen molar-refractivity contribution in [2.24, 2.45) is 0 Å². The number of carbonyl (C=O) groups excluding carboxylic acids is 3. The van der Waals surface area contributed by atoms with E-state index in [9.17, 15) is 14.4 Å². The van der Waals surface area contributed by atoms with Gasteiger partial charge in [-0.3, -0.25) is 14.4 Å². The second-order valence-corrected chi connectivity index (χ2v) is 6.62. The van der Waals surface area contributed by atoms with Crippen molar-refractivity contribution in [1.82, 2.24) is 4.98 Å². The van der Waals surface area contributed by atoms with Crippen molar-refractivity contribution in [2.75, 3.05) is 5.32 Å². The summed E-state index contributed by atoms with van der Waals surface area (Å²) in [5, 5.41) is 4.57. The molecule has 0 fully saturated rings. The number of nitrogens with zero attached hydrogens (tertiary/aromatic N) is 1. The highest BCUT2D eigenvalue weighted by atomic mass is 32.1. The van der Waals surface area contributed by atoms with Crippen molar-refractivity contribution >= 4 is 45.3 Å². The van der Waals surface area contributed by atoms with Crippen LogP contribution in [0.15, 0.2) is 17.5 Å². The van der Waals surface area contributed by atoms with E-state index in [0.29, 0.717) is 15.7 Å². The van der Waals surface area contributed by atoms with Crippen LogP contribution in [0.25, 0.3) is 0 Å². The van der Waals surface area contributed by atoms with E-state index in [1.165, 1.54) is 29.6 Å². The fourth-order valence-corrected chi connectivity index (χ4v) is 3.21. The van der Waals surface area contributed by atoms with Gasteiger partial charge in [-0.1, -0.05) is 0 Å². The number of hydrogen-bond acceptors (Lipinski definition) is 6. The van der Waals surface area contributed by atoms with Crippen LogP contribution in [0.4, 0.5) is 5.13 Å². The number of anilines is 1. The third-order valence-electron chi connectivity index (χ3n) is 2.71. The fraction of sp³-hybridized carbons (Fsp3) is 0.286. The van der Waals surface area contributed by atoms with Crippen LogP contribution in [0.5, 0.6) is 0 Å². The molecule has 2 rings (SSSR count). The van der Waals surface area contributed by atoms with Crippen LogP contribution in [-0.4, -0.2) is 22.5 Å². The number of ketones is 2. The molecule has 7 heteroatoms. The van der Waals surface area contributed by atoms with Gasteiger partial charge >= 0.3 is 0 Å². The Hall–Kier alpha value is -1.86. The molecular formula is C14H14N2O3S2. The first-order valence-corrected chi connectivity index (χ1v) is 8.01. The van der Waals surface area contributed by atoms with E-state index in [1.54, 1.807) is 11.4 Å². The van der Waals surface area contributed by atoms with E-state index in [-0.39, 0.29) is 30.3 Å². The van der Waals surface area contributed by atoms with Gasteiger partial charge in [0.25, 0.3) is 0 Å². The zero-order chi connectivity index (χ0) is 15.4. The van der Waals surface area contributed by atoms with Gasteiger partial charge in [-0.25, -0.2) is 4.98 Å². The molecule has 5 nitrogen and oxygen atoms in total. The van der Waals surface area contributed by atoms with Gasteiger partial charge in [0.1, 0.15) is 5.69 Å². The Morgan fingerprint density at radius 3 is 2.57 bits per heavy atom. The molecule has 1 N–H and O–H groups in total. The Morgan fingerprint density at radius 1 is 1.24 bits per heavy atom. The van der Waals surface area contributed by atoms with E-state index in [1.807, 2.05) is 13.0 Å². The minimum atomic E-state index is -0.277. The van der Waals surface area contributed by atoms with Crippen LogP contribution in [0, 0.1) is 6.92 Å². The first-order chi connectivity index (χ1) is 9.95. The first-order valence-electron chi connectivity index (χ1n) is 6.31. The number of nitrogens with one attached hydrogen (secondary N) is 1. The largest absolute Gasteiger partial charge is 0.302 e. The van der Waals surface area contributed by atoms with Gasteiger partial charge in [-0.15, -0.1) is 22.7 Å². The maximum absolute atomic E-state index is 11.9. The number of aryl methyl sites for hydroxylation is 1. The molecule has 0 aromatic carbocycles. The highest BCUT2D eigenvalue weighted by Crippen LogP contribution is 2.19. The number of Topliss-reactive ketones (excluding diaryl/α,β-unsaturated/α-hetero) is 2. The van der Waals surface area contributed by atoms with Gasteiger partial charge in [0.15, 0.2) is 16.7 Å². The molecule has 0 aliphatic heterocycles. The molecule has 0 spiro atoms. The molecule has 0 aliphatic rings. The monoisotopic (exact) mass is 322 g/mol. The summed E-state index contributed by atoms with van der Waals surface area (Å²) in [4.78, 5) is 40.5. The molecule has 0 aliphatic carbocycles. The van der Waals surface area contributed by atoms with Gasteiger partial charge in [0, 0.05) is 30.0 Å². The van der Waals surface area contributed by atoms with Crippen LogP contribution in [-0.2, 0) is 4.79 Å². The Balaban J connectivity index is 1.84. The van der Waals surface area contributed by atoms with Gasteiger partial charge in [-0.05, 0) is 19.1 Å². The highest BCUT2D eigenvalue weighted by molar-refractivity contribution is 7.14. The molecule has 0 atom stereocenters. The third kappa shape index (κ3) is 4.30. The Kier molecular flexibility index (Phi) is 4.98. The minimum absolute atomic E-state index is 0.0354. The summed E-state index contributed by atoms with van der Waals surface area (Å²) in [6.45, 7) is 3.35. The number of carbonyl (C=O) groups is 3. The smallest absolute Gasteiger partial charge is 0.226 e. The maximum atomic E-state index is 11.9. The summed E-state index contributed by atoms with van der Waals surface area (Å²) < 4.78 is 0. The SMILES string of the molecule is CC(=O)c1csc(NC(=O)CCC(=O)c2ccc(C)s2)n1. The topological polar surface area (TPSA) is 76.1 Å². The van der Waals surface area contributed by atoms with Crippen molar-refractivity contribution in [3.63, 3.8) is 0 Å². The number of hydrogen-bond donors (Lipinski definition) is 1. The van der Waals surface area contributed by atoms with Gasteiger partial charge in [0.2, 0.25) is 5.91 Å². The van der Waals surface area contributed by atoms with Gasteiger partial charge in [0.05, 0.1) is 4.88 Å². The second kappa shape index (κ2) is 6.73. The molecular weight excluding hydrogens is 308 g/mol. The standard InChI is InChI=1S/C14H14N2O3S2/c1-8-3-5-12(21-8)11(18)4-6-13(19)16-14-15-10(7-20-14)9(2)17/h3,5,7H,4,6H2,1-2H3,(H,15,16,19). The zero-order valence-electron chi connectivity index (χ0n) is 11.6. The average molecular weight is 322 g/mol. The van der Waals surface area contributed by atoms with E-state index < -0.39 is 0 Å². The van der Waals surface area contributed by atoms with Gasteiger partial charge in [-0.2, -0.15) is 0 Å². The Labute approximate surface area is 130 Å². The third-order valence-corrected chi connectivity index (χ3v) is 4.50. The Bertz CT molecular complexity index is 688. The number of thiophene rings is 1. The first kappa shape index (κ1) is 15.5. The molecule has 0 bridgehead atoms. The quantitative estimate of drug-likeness (QED) is 0.828. The van der Waals surface area contributed by atoms with Gasteiger partial charge < -0.3 is 5.32 Å². The maximum Gasteiger partial charge on any atom is 0.226 e. The van der Waals surface area contributed by atoms with Crippen LogP contribution >= 0.6 is 22.7 Å². The molecule has 2 heterocycles. The molecule has 1 amide bonds. The molecule has 0 saturated heterocycles. The highest BCUT2D eigenvalue weighted by Gasteiger charge is 2.13. The van der Waals surface area contributed by atoms with E-state index >= 15 is 0 Å². The van der Waals surface area contributed by atoms with E-state index in [2.05, 4.69) is 10.3 Å². The summed E-state index contributed by atoms with van der Waals surface area (Å²) >= 11 is 2.62. The number of rotatable bonds is 6. The van der Waals surface area contributed by atoms with E-state index in [4.69, 9.17) is 0 Å². The molecule has 0 saturated carbocycles. The summed E-state index contributed by atoms with van der Waals surface area (Å²) in [5.74, 6) is -0.456. The van der Waals surface area contributed by atoms with Crippen molar-refractivity contribution in [1.29, 1.82) is 0 Å². The summed E-state index contributed by atoms with van der Waals surface area (Å²) in [6, 6.07) is 3.66. The summed E-state index contributed by atoms with van der Waals surface area (Å²) in [6.07, 6.45) is 0.265. The molecule has 0 unspecified atom stereocenters. The van der Waals surface area contributed by atoms with Crippen LogP contribution in [0.2, 0.25) is 0 Å². The van der Waals surface area contributed by atoms with E-state index in [0.717, 1.165) is 4.88 Å². The van der Waals surface area contributed by atoms with Crippen LogP contribution in [0.3, 0.4) is 0 Å². The molecule has 21 heavy (non-hydrogen) atoms. The number of aromatic nitrogens is 1. The zero-order valence-corrected chi connectivity index (χ0v) is 13.3. The lowest BCUT2D eigenvalue weighted by atomic mass is 10.2. The average Bonchev–Trinajstić information content (AvgIpc) is 3.05. The summed E-state index contributed by atoms with van der Waals surface area (Å²) in [5.41, 5.74) is 0.334. The van der Waals surface area contributed by atoms with Crippen molar-refractivity contribution < 1.29 is 14.4 Å². The summed E-state index contributed by atoms with van der Waals surface area (Å²) in [7, 11) is 0. The van der Waals surface area contributed by atoms with Crippen molar-refractivity contribution in [3.05, 3.63) is 33.0 Å². The molecule has 2 aromatic heterocycles. The lowest BCUT2D eigenvalue weighted by molar-refractivity contribution is -0.116. The molecule has 0 radical (unpaired) electrons. The minimum Gasteiger partial charge on any atom is -0.302 e. The van der Waals surface area contributed by atoms with Crippen LogP contribution < -0.4 is 5.32 Å². The fourth-order valence-electron chi connectivity index (χ4n) is 1.61. The number of thiazole rings is 1. The van der Waals surface area contributed by atoms with Crippen molar-refractivity contribution in [3.8, 4) is 0 Å². The lowest BCUT2D eigenvalue weighted by Gasteiger charge is -2.00. The lowest BCUT2D eigenvalue weighted by Crippen LogP contribution is -2.13. The second-order valence-electron chi connectivity index (χ2n) is 4.48. The van der Waals surface area contributed by atoms with Crippen molar-refractivity contribution in [2.45, 2.75) is 26.7 Å². The van der Waals surface area contributed by atoms with Crippen LogP contribution in [0.1, 0.15) is 44.8 Å². The predicted molar refractivity (Wildman–Crippen MR) is 83.4 cm³/mol. The number of amides is 1. The normalized spacial score (nSPS) is 10.4. The molecule has 2 aromatic rings. The Morgan fingerprint density at radius 2 is 2.00 bits per heavy atom.